The summed E-state index contributed by atoms with van der Waals surface area (Å²) in [7, 11) is 0.316. The van der Waals surface area contributed by atoms with E-state index in [0.29, 0.717) is 30.4 Å². The molecule has 0 aromatic heterocycles. The van der Waals surface area contributed by atoms with E-state index in [4.69, 9.17) is 14.0 Å². The van der Waals surface area contributed by atoms with Gasteiger partial charge in [0, 0.05) is 18.0 Å². The van der Waals surface area contributed by atoms with Crippen LogP contribution in [-0.2, 0) is 26.1 Å². The van der Waals surface area contributed by atoms with Gasteiger partial charge in [-0.1, -0.05) is 20.8 Å². The Bertz CT molecular complexity index is 850. The van der Waals surface area contributed by atoms with Gasteiger partial charge in [-0.25, -0.2) is 13.6 Å². The summed E-state index contributed by atoms with van der Waals surface area (Å²) in [5, 5.41) is 2.45. The van der Waals surface area contributed by atoms with Gasteiger partial charge in [0.1, 0.15) is 17.2 Å². The minimum absolute atomic E-state index is 0.225. The molecular weight excluding hydrogens is 391 g/mol. The number of carbonyl (C=O) groups excluding carboxylic acids is 1. The van der Waals surface area contributed by atoms with Crippen LogP contribution in [0.1, 0.15) is 72.4 Å². The van der Waals surface area contributed by atoms with Crippen LogP contribution in [-0.4, -0.2) is 31.5 Å². The van der Waals surface area contributed by atoms with E-state index in [2.05, 4.69) is 5.32 Å². The molecule has 1 aromatic rings. The maximum Gasteiger partial charge on any atom is 0.500 e. The number of halogens is 2. The largest absolute Gasteiger partial charge is 0.500 e. The van der Waals surface area contributed by atoms with E-state index < -0.39 is 47.1 Å². The molecule has 1 aromatic carbocycles. The van der Waals surface area contributed by atoms with Crippen molar-refractivity contribution in [3.05, 3.63) is 28.8 Å². The van der Waals surface area contributed by atoms with Crippen molar-refractivity contribution in [3.8, 4) is 0 Å². The molecule has 1 amide bonds. The van der Waals surface area contributed by atoms with Crippen LogP contribution in [0.25, 0.3) is 0 Å². The maximum absolute atomic E-state index is 15.8. The van der Waals surface area contributed by atoms with Crippen LogP contribution in [0.2, 0.25) is 0 Å². The first-order chi connectivity index (χ1) is 13.7. The van der Waals surface area contributed by atoms with Gasteiger partial charge in [-0.3, -0.25) is 0 Å². The number of benzene rings is 1. The summed E-state index contributed by atoms with van der Waals surface area (Å²) < 4.78 is 48.8. The lowest BCUT2D eigenvalue weighted by atomic mass is 9.63. The standard InChI is InChI=1S/C22H32BF2NO4/c1-19(2,3)22(28-18(27)26-8)11-9-10-13-14(22)12-15(24)16(17(13)25)23-29-20(4,5)21(6,7)30-23/h12H,9-11H2,1-8H3,(H,26,27). The van der Waals surface area contributed by atoms with E-state index in [0.717, 1.165) is 0 Å². The molecule has 1 aliphatic carbocycles. The first kappa shape index (κ1) is 23.0. The van der Waals surface area contributed by atoms with E-state index >= 15 is 8.78 Å². The summed E-state index contributed by atoms with van der Waals surface area (Å²) in [4.78, 5) is 12.2. The van der Waals surface area contributed by atoms with E-state index in [1.807, 2.05) is 48.5 Å². The Hall–Kier alpha value is -1.67. The normalized spacial score (nSPS) is 25.1. The Morgan fingerprint density at radius 1 is 1.17 bits per heavy atom. The third-order valence-electron chi connectivity index (χ3n) is 6.92. The third-order valence-corrected chi connectivity index (χ3v) is 6.92. The minimum Gasteiger partial charge on any atom is -0.437 e. The van der Waals surface area contributed by atoms with E-state index in [-0.39, 0.29) is 5.46 Å². The lowest BCUT2D eigenvalue weighted by Gasteiger charge is -2.47. The van der Waals surface area contributed by atoms with Gasteiger partial charge in [0.05, 0.1) is 16.7 Å². The van der Waals surface area contributed by atoms with E-state index in [1.165, 1.54) is 13.1 Å². The Balaban J connectivity index is 2.17. The molecule has 1 N–H and O–H groups in total. The molecule has 1 unspecified atom stereocenters. The summed E-state index contributed by atoms with van der Waals surface area (Å²) in [6, 6.07) is 1.30. The minimum atomic E-state index is -1.16. The van der Waals surface area contributed by atoms with Crippen LogP contribution in [0.4, 0.5) is 13.6 Å². The van der Waals surface area contributed by atoms with Crippen LogP contribution >= 0.6 is 0 Å². The van der Waals surface area contributed by atoms with Gasteiger partial charge in [-0.05, 0) is 58.6 Å². The van der Waals surface area contributed by atoms with Crippen LogP contribution in [0.15, 0.2) is 6.07 Å². The number of alkyl carbamates (subject to hydrolysis) is 1. The van der Waals surface area contributed by atoms with Gasteiger partial charge >= 0.3 is 13.2 Å². The first-order valence-electron chi connectivity index (χ1n) is 10.4. The molecule has 8 heteroatoms. The number of amides is 1. The van der Waals surface area contributed by atoms with Crippen molar-refractivity contribution in [1.29, 1.82) is 0 Å². The van der Waals surface area contributed by atoms with Crippen LogP contribution in [0, 0.1) is 17.0 Å². The third kappa shape index (κ3) is 3.42. The highest BCUT2D eigenvalue weighted by Gasteiger charge is 2.55. The average Bonchev–Trinajstić information content (AvgIpc) is 2.81. The Morgan fingerprint density at radius 3 is 2.23 bits per heavy atom. The van der Waals surface area contributed by atoms with E-state index in [1.54, 1.807) is 0 Å². The van der Waals surface area contributed by atoms with Crippen LogP contribution in [0.3, 0.4) is 0 Å². The topological polar surface area (TPSA) is 56.8 Å². The van der Waals surface area contributed by atoms with E-state index in [9.17, 15) is 4.79 Å². The van der Waals surface area contributed by atoms with Crippen molar-refractivity contribution in [3.63, 3.8) is 0 Å². The molecule has 0 spiro atoms. The zero-order chi connectivity index (χ0) is 22.7. The molecule has 3 rings (SSSR count). The molecule has 1 aliphatic heterocycles. The lowest BCUT2D eigenvalue weighted by molar-refractivity contribution is -0.0861. The lowest BCUT2D eigenvalue weighted by Crippen LogP contribution is -2.50. The molecule has 30 heavy (non-hydrogen) atoms. The van der Waals surface area contributed by atoms with Crippen LogP contribution in [0.5, 0.6) is 0 Å². The number of nitrogens with one attached hydrogen (secondary N) is 1. The molecule has 1 saturated heterocycles. The highest BCUT2D eigenvalue weighted by atomic mass is 19.1. The molecule has 1 fully saturated rings. The fraction of sp³-hybridized carbons (Fsp3) is 0.682. The summed E-state index contributed by atoms with van der Waals surface area (Å²) in [5.41, 5.74) is -2.67. The number of ether oxygens (including phenoxy) is 1. The quantitative estimate of drug-likeness (QED) is 0.725. The molecule has 1 atom stereocenters. The summed E-state index contributed by atoms with van der Waals surface area (Å²) >= 11 is 0. The Labute approximate surface area is 178 Å². The molecule has 1 heterocycles. The molecule has 2 aliphatic rings. The number of rotatable bonds is 2. The monoisotopic (exact) mass is 423 g/mol. The molecule has 166 valence electrons. The second-order valence-corrected chi connectivity index (χ2v) is 10.3. The predicted octanol–water partition coefficient (Wildman–Crippen LogP) is 4.20. The van der Waals surface area contributed by atoms with Crippen molar-refractivity contribution >= 4 is 18.7 Å². The smallest absolute Gasteiger partial charge is 0.437 e. The second kappa shape index (κ2) is 7.19. The molecular formula is C22H32BF2NO4. The molecule has 0 bridgehead atoms. The second-order valence-electron chi connectivity index (χ2n) is 10.3. The Kier molecular flexibility index (Phi) is 5.52. The highest BCUT2D eigenvalue weighted by molar-refractivity contribution is 6.62. The van der Waals surface area contributed by atoms with Gasteiger partial charge in [-0.2, -0.15) is 0 Å². The number of hydrogen-bond donors (Lipinski definition) is 1. The Morgan fingerprint density at radius 2 is 1.73 bits per heavy atom. The zero-order valence-corrected chi connectivity index (χ0v) is 19.2. The van der Waals surface area contributed by atoms with Gasteiger partial charge in [0.25, 0.3) is 0 Å². The number of fused-ring (bicyclic) bond motifs is 1. The van der Waals surface area contributed by atoms with Crippen molar-refractivity contribution < 1.29 is 27.6 Å². The fourth-order valence-electron chi connectivity index (χ4n) is 4.36. The SMILES string of the molecule is CNC(=O)OC1(C(C)(C)C)CCCc2c1cc(F)c(B1OC(C)(C)C(C)(C)O1)c2F. The summed E-state index contributed by atoms with van der Waals surface area (Å²) in [6.45, 7) is 13.1. The molecule has 0 radical (unpaired) electrons. The zero-order valence-electron chi connectivity index (χ0n) is 19.2. The van der Waals surface area contributed by atoms with Crippen LogP contribution < -0.4 is 10.8 Å². The van der Waals surface area contributed by atoms with Crippen molar-refractivity contribution in [2.45, 2.75) is 84.5 Å². The predicted molar refractivity (Wildman–Crippen MR) is 112 cm³/mol. The average molecular weight is 423 g/mol. The summed E-state index contributed by atoms with van der Waals surface area (Å²) in [6.07, 6.45) is 0.870. The first-order valence-corrected chi connectivity index (χ1v) is 10.4. The van der Waals surface area contributed by atoms with Crippen molar-refractivity contribution in [2.75, 3.05) is 7.05 Å². The number of hydrogen-bond acceptors (Lipinski definition) is 4. The van der Waals surface area contributed by atoms with Gasteiger partial charge < -0.3 is 19.4 Å². The summed E-state index contributed by atoms with van der Waals surface area (Å²) in [5.74, 6) is -1.45. The fourth-order valence-corrected chi connectivity index (χ4v) is 4.36. The molecule has 5 nitrogen and oxygen atoms in total. The van der Waals surface area contributed by atoms with Gasteiger partial charge in [0.15, 0.2) is 0 Å². The van der Waals surface area contributed by atoms with Crippen molar-refractivity contribution in [2.24, 2.45) is 5.41 Å². The van der Waals surface area contributed by atoms with Gasteiger partial charge in [0.2, 0.25) is 0 Å². The number of carbonyl (C=O) groups is 1. The molecule has 0 saturated carbocycles. The van der Waals surface area contributed by atoms with Crippen molar-refractivity contribution in [1.82, 2.24) is 5.32 Å². The highest BCUT2D eigenvalue weighted by Crippen LogP contribution is 2.51. The maximum atomic E-state index is 15.8. The van der Waals surface area contributed by atoms with Gasteiger partial charge in [-0.15, -0.1) is 0 Å².